The number of hydrogen-bond donors (Lipinski definition) is 0. The zero-order chi connectivity index (χ0) is 15.5. The SMILES string of the molecule is COc1cc2c(cc1OC)CN(C(=O)[C@@H]1COCCO1)CC2. The van der Waals surface area contributed by atoms with Crippen LogP contribution in [0.25, 0.3) is 0 Å². The van der Waals surface area contributed by atoms with Gasteiger partial charge in [-0.15, -0.1) is 0 Å². The number of ether oxygens (including phenoxy) is 4. The molecule has 1 fully saturated rings. The number of carbonyl (C=O) groups is 1. The van der Waals surface area contributed by atoms with Crippen molar-refractivity contribution in [3.63, 3.8) is 0 Å². The fourth-order valence-corrected chi connectivity index (χ4v) is 2.91. The van der Waals surface area contributed by atoms with E-state index in [1.165, 1.54) is 5.56 Å². The average molecular weight is 307 g/mol. The van der Waals surface area contributed by atoms with E-state index in [4.69, 9.17) is 18.9 Å². The van der Waals surface area contributed by atoms with Crippen LogP contribution in [0, 0.1) is 0 Å². The van der Waals surface area contributed by atoms with Gasteiger partial charge in [0.15, 0.2) is 17.6 Å². The molecule has 6 nitrogen and oxygen atoms in total. The zero-order valence-corrected chi connectivity index (χ0v) is 13.0. The lowest BCUT2D eigenvalue weighted by atomic mass is 9.98. The van der Waals surface area contributed by atoms with E-state index in [0.717, 1.165) is 17.7 Å². The molecule has 2 aliphatic heterocycles. The van der Waals surface area contributed by atoms with E-state index in [9.17, 15) is 4.79 Å². The van der Waals surface area contributed by atoms with Gasteiger partial charge in [0.05, 0.1) is 34.0 Å². The van der Waals surface area contributed by atoms with Crippen LogP contribution in [0.5, 0.6) is 11.5 Å². The van der Waals surface area contributed by atoms with Gasteiger partial charge in [-0.25, -0.2) is 0 Å². The number of fused-ring (bicyclic) bond motifs is 1. The van der Waals surface area contributed by atoms with Crippen LogP contribution >= 0.6 is 0 Å². The monoisotopic (exact) mass is 307 g/mol. The lowest BCUT2D eigenvalue weighted by Gasteiger charge is -2.33. The summed E-state index contributed by atoms with van der Waals surface area (Å²) in [4.78, 5) is 14.3. The highest BCUT2D eigenvalue weighted by Crippen LogP contribution is 2.33. The molecule has 0 bridgehead atoms. The van der Waals surface area contributed by atoms with Crippen LogP contribution in [0.15, 0.2) is 12.1 Å². The molecule has 0 aliphatic carbocycles. The summed E-state index contributed by atoms with van der Waals surface area (Å²) in [5, 5.41) is 0. The molecule has 6 heteroatoms. The molecule has 0 unspecified atom stereocenters. The lowest BCUT2D eigenvalue weighted by Crippen LogP contribution is -2.47. The Bertz CT molecular complexity index is 554. The van der Waals surface area contributed by atoms with Gasteiger partial charge in [0.2, 0.25) is 0 Å². The largest absolute Gasteiger partial charge is 0.493 e. The molecular weight excluding hydrogens is 286 g/mol. The second kappa shape index (κ2) is 6.54. The van der Waals surface area contributed by atoms with E-state index in [1.807, 2.05) is 17.0 Å². The number of nitrogens with zero attached hydrogens (tertiary/aromatic N) is 1. The highest BCUT2D eigenvalue weighted by atomic mass is 16.6. The molecule has 0 spiro atoms. The third-order valence-electron chi connectivity index (χ3n) is 4.12. The maximum absolute atomic E-state index is 12.5. The number of methoxy groups -OCH3 is 2. The first-order chi connectivity index (χ1) is 10.7. The fourth-order valence-electron chi connectivity index (χ4n) is 2.91. The Morgan fingerprint density at radius 2 is 1.91 bits per heavy atom. The van der Waals surface area contributed by atoms with Crippen molar-refractivity contribution in [1.82, 2.24) is 4.90 Å². The first-order valence-corrected chi connectivity index (χ1v) is 7.45. The van der Waals surface area contributed by atoms with E-state index in [-0.39, 0.29) is 5.91 Å². The second-order valence-electron chi connectivity index (χ2n) is 5.42. The van der Waals surface area contributed by atoms with E-state index in [1.54, 1.807) is 14.2 Å². The van der Waals surface area contributed by atoms with Crippen molar-refractivity contribution in [1.29, 1.82) is 0 Å². The number of amides is 1. The van der Waals surface area contributed by atoms with Gasteiger partial charge < -0.3 is 23.8 Å². The van der Waals surface area contributed by atoms with Crippen molar-refractivity contribution in [2.75, 3.05) is 40.6 Å². The minimum Gasteiger partial charge on any atom is -0.493 e. The minimum absolute atomic E-state index is 0.000125. The Kier molecular flexibility index (Phi) is 4.49. The predicted molar refractivity (Wildman–Crippen MR) is 79.2 cm³/mol. The fraction of sp³-hybridized carbons (Fsp3) is 0.562. The molecule has 1 aromatic carbocycles. The van der Waals surface area contributed by atoms with Crippen LogP contribution < -0.4 is 9.47 Å². The summed E-state index contributed by atoms with van der Waals surface area (Å²) in [6.45, 7) is 2.62. The maximum atomic E-state index is 12.5. The predicted octanol–water partition coefficient (Wildman–Crippen LogP) is 1.00. The first-order valence-electron chi connectivity index (χ1n) is 7.45. The molecule has 2 heterocycles. The van der Waals surface area contributed by atoms with Crippen LogP contribution in [0.1, 0.15) is 11.1 Å². The van der Waals surface area contributed by atoms with Crippen LogP contribution in [-0.2, 0) is 27.2 Å². The molecule has 3 rings (SSSR count). The average Bonchev–Trinajstić information content (AvgIpc) is 2.60. The molecule has 1 amide bonds. The van der Waals surface area contributed by atoms with Crippen LogP contribution in [0.3, 0.4) is 0 Å². The van der Waals surface area contributed by atoms with E-state index >= 15 is 0 Å². The van der Waals surface area contributed by atoms with E-state index < -0.39 is 6.10 Å². The van der Waals surface area contributed by atoms with Crippen molar-refractivity contribution in [3.05, 3.63) is 23.3 Å². The summed E-state index contributed by atoms with van der Waals surface area (Å²) in [6.07, 6.45) is 0.324. The molecule has 1 aromatic rings. The van der Waals surface area contributed by atoms with Crippen molar-refractivity contribution in [2.45, 2.75) is 19.1 Å². The van der Waals surface area contributed by atoms with E-state index in [2.05, 4.69) is 0 Å². The first kappa shape index (κ1) is 15.1. The van der Waals surface area contributed by atoms with Gasteiger partial charge in [-0.3, -0.25) is 4.79 Å². The van der Waals surface area contributed by atoms with E-state index in [0.29, 0.717) is 38.7 Å². The quantitative estimate of drug-likeness (QED) is 0.834. The smallest absolute Gasteiger partial charge is 0.254 e. The standard InChI is InChI=1S/C16H21NO5/c1-19-13-7-11-3-4-17(9-12(11)8-14(13)20-2)16(18)15-10-21-5-6-22-15/h7-8,15H,3-6,9-10H2,1-2H3/t15-/m0/s1. The third-order valence-corrected chi connectivity index (χ3v) is 4.12. The van der Waals surface area contributed by atoms with Gasteiger partial charge in [-0.2, -0.15) is 0 Å². The van der Waals surface area contributed by atoms with Gasteiger partial charge in [0.1, 0.15) is 0 Å². The Balaban J connectivity index is 1.76. The Labute approximate surface area is 129 Å². The maximum Gasteiger partial charge on any atom is 0.254 e. The molecule has 120 valence electrons. The van der Waals surface area contributed by atoms with Crippen LogP contribution in [0.4, 0.5) is 0 Å². The topological polar surface area (TPSA) is 57.2 Å². The summed E-state index contributed by atoms with van der Waals surface area (Å²) in [6, 6.07) is 3.95. The van der Waals surface area contributed by atoms with Gasteiger partial charge in [-0.1, -0.05) is 0 Å². The van der Waals surface area contributed by atoms with Crippen molar-refractivity contribution >= 4 is 5.91 Å². The molecule has 0 aromatic heterocycles. The molecule has 0 radical (unpaired) electrons. The second-order valence-corrected chi connectivity index (χ2v) is 5.42. The highest BCUT2D eigenvalue weighted by Gasteiger charge is 2.30. The summed E-state index contributed by atoms with van der Waals surface area (Å²) < 4.78 is 21.5. The molecule has 1 atom stereocenters. The highest BCUT2D eigenvalue weighted by molar-refractivity contribution is 5.81. The van der Waals surface area contributed by atoms with Gasteiger partial charge in [-0.05, 0) is 29.7 Å². The Morgan fingerprint density at radius 1 is 1.18 bits per heavy atom. The molecule has 0 N–H and O–H groups in total. The van der Waals surface area contributed by atoms with Crippen molar-refractivity contribution < 1.29 is 23.7 Å². The molecular formula is C16H21NO5. The Hall–Kier alpha value is -1.79. The third kappa shape index (κ3) is 2.89. The molecule has 0 saturated carbocycles. The number of hydrogen-bond acceptors (Lipinski definition) is 5. The van der Waals surface area contributed by atoms with Gasteiger partial charge in [0.25, 0.3) is 5.91 Å². The van der Waals surface area contributed by atoms with Gasteiger partial charge >= 0.3 is 0 Å². The van der Waals surface area contributed by atoms with Crippen LogP contribution in [-0.4, -0.2) is 57.5 Å². The summed E-state index contributed by atoms with van der Waals surface area (Å²) in [5.41, 5.74) is 2.29. The van der Waals surface area contributed by atoms with Crippen molar-refractivity contribution in [3.8, 4) is 11.5 Å². The molecule has 1 saturated heterocycles. The lowest BCUT2D eigenvalue weighted by molar-refractivity contribution is -0.158. The number of carbonyl (C=O) groups excluding carboxylic acids is 1. The van der Waals surface area contributed by atoms with Gasteiger partial charge in [0, 0.05) is 13.1 Å². The minimum atomic E-state index is -0.476. The van der Waals surface area contributed by atoms with Crippen LogP contribution in [0.2, 0.25) is 0 Å². The molecule has 2 aliphatic rings. The summed E-state index contributed by atoms with van der Waals surface area (Å²) in [5.74, 6) is 1.41. The normalized spacial score (nSPS) is 21.2. The zero-order valence-electron chi connectivity index (χ0n) is 13.0. The van der Waals surface area contributed by atoms with Crippen molar-refractivity contribution in [2.24, 2.45) is 0 Å². The summed E-state index contributed by atoms with van der Waals surface area (Å²) in [7, 11) is 3.24. The number of rotatable bonds is 3. The summed E-state index contributed by atoms with van der Waals surface area (Å²) >= 11 is 0. The number of benzene rings is 1. The molecule has 22 heavy (non-hydrogen) atoms. The Morgan fingerprint density at radius 3 is 2.55 bits per heavy atom.